The van der Waals surface area contributed by atoms with E-state index in [0.29, 0.717) is 52.0 Å². The van der Waals surface area contributed by atoms with E-state index < -0.39 is 6.04 Å². The number of fused-ring (bicyclic) bond motifs is 2. The molecule has 180 valence electrons. The van der Waals surface area contributed by atoms with Crippen LogP contribution in [0, 0.1) is 0 Å². The molecule has 0 spiro atoms. The van der Waals surface area contributed by atoms with Crippen molar-refractivity contribution in [2.24, 2.45) is 0 Å². The third-order valence-electron chi connectivity index (χ3n) is 5.88. The first-order valence-electron chi connectivity index (χ1n) is 11.5. The second-order valence-corrected chi connectivity index (χ2v) is 8.65. The highest BCUT2D eigenvalue weighted by Gasteiger charge is 2.43. The van der Waals surface area contributed by atoms with Crippen LogP contribution in [0.1, 0.15) is 53.8 Å². The minimum absolute atomic E-state index is 0.0191. The quantitative estimate of drug-likeness (QED) is 0.300. The first-order valence-corrected chi connectivity index (χ1v) is 11.9. The third-order valence-corrected chi connectivity index (χ3v) is 6.11. The topological polar surface area (TPSA) is 82.1 Å². The van der Waals surface area contributed by atoms with Crippen LogP contribution in [0.3, 0.4) is 0 Å². The summed E-state index contributed by atoms with van der Waals surface area (Å²) in [4.78, 5) is 28.8. The molecule has 0 saturated heterocycles. The summed E-state index contributed by atoms with van der Waals surface area (Å²) in [5.41, 5.74) is 0.974. The molecule has 0 saturated carbocycles. The van der Waals surface area contributed by atoms with E-state index in [-0.39, 0.29) is 29.2 Å². The summed E-state index contributed by atoms with van der Waals surface area (Å²) in [5, 5.41) is 0.732. The number of nitrogens with zero attached hydrogens (tertiary/aromatic N) is 1. The second kappa shape index (κ2) is 9.50. The van der Waals surface area contributed by atoms with E-state index in [1.54, 1.807) is 41.5 Å². The smallest absolute Gasteiger partial charge is 0.291 e. The average Bonchev–Trinajstić information content (AvgIpc) is 3.46. The number of carbonyl (C=O) groups is 1. The van der Waals surface area contributed by atoms with Gasteiger partial charge in [-0.25, -0.2) is 0 Å². The van der Waals surface area contributed by atoms with Gasteiger partial charge in [0.25, 0.3) is 5.91 Å². The molecule has 3 heterocycles. The number of benzene rings is 2. The van der Waals surface area contributed by atoms with Crippen molar-refractivity contribution in [1.29, 1.82) is 0 Å². The predicted molar refractivity (Wildman–Crippen MR) is 131 cm³/mol. The van der Waals surface area contributed by atoms with Gasteiger partial charge in [0.1, 0.15) is 11.3 Å². The van der Waals surface area contributed by atoms with Crippen LogP contribution in [-0.4, -0.2) is 24.0 Å². The Morgan fingerprint density at radius 1 is 1.03 bits per heavy atom. The Morgan fingerprint density at radius 2 is 1.89 bits per heavy atom. The Labute approximate surface area is 206 Å². The lowest BCUT2D eigenvalue weighted by molar-refractivity contribution is 0.0701. The van der Waals surface area contributed by atoms with Gasteiger partial charge >= 0.3 is 0 Å². The molecule has 8 heteroatoms. The monoisotopic (exact) mass is 493 g/mol. The maximum absolute atomic E-state index is 13.7. The number of hydrogen-bond acceptors (Lipinski definition) is 6. The molecule has 0 fully saturated rings. The summed E-state index contributed by atoms with van der Waals surface area (Å²) >= 11 is 6.16. The molecule has 1 aliphatic heterocycles. The van der Waals surface area contributed by atoms with Crippen molar-refractivity contribution in [3.63, 3.8) is 0 Å². The number of ether oxygens (including phenoxy) is 2. The minimum atomic E-state index is -0.707. The fraction of sp³-hybridized carbons (Fsp3) is 0.259. The van der Waals surface area contributed by atoms with Crippen LogP contribution >= 0.6 is 11.6 Å². The van der Waals surface area contributed by atoms with Crippen LogP contribution in [-0.2, 0) is 6.54 Å². The first-order chi connectivity index (χ1) is 17.0. The molecule has 0 N–H and O–H groups in total. The predicted octanol–water partition coefficient (Wildman–Crippen LogP) is 5.97. The van der Waals surface area contributed by atoms with E-state index >= 15 is 0 Å². The maximum atomic E-state index is 13.7. The average molecular weight is 494 g/mol. The van der Waals surface area contributed by atoms with Gasteiger partial charge in [-0.3, -0.25) is 9.59 Å². The zero-order valence-corrected chi connectivity index (χ0v) is 20.1. The lowest BCUT2D eigenvalue weighted by Crippen LogP contribution is -2.29. The molecule has 0 bridgehead atoms. The molecule has 35 heavy (non-hydrogen) atoms. The van der Waals surface area contributed by atoms with Crippen molar-refractivity contribution >= 4 is 28.5 Å². The zero-order chi connectivity index (χ0) is 24.5. The highest BCUT2D eigenvalue weighted by molar-refractivity contribution is 6.31. The SMILES string of the molecule is CCCOc1ccc(C2c3c(oc4ccc(Cl)cc4c3=O)C(=O)N2Cc2ccco2)cc1OCC. The van der Waals surface area contributed by atoms with E-state index in [1.165, 1.54) is 0 Å². The lowest BCUT2D eigenvalue weighted by atomic mass is 9.98. The van der Waals surface area contributed by atoms with Gasteiger partial charge in [0.15, 0.2) is 16.9 Å². The van der Waals surface area contributed by atoms with E-state index in [4.69, 9.17) is 29.9 Å². The van der Waals surface area contributed by atoms with Gasteiger partial charge in [-0.2, -0.15) is 0 Å². The molecule has 1 atom stereocenters. The van der Waals surface area contributed by atoms with Crippen LogP contribution in [0.2, 0.25) is 5.02 Å². The number of hydrogen-bond donors (Lipinski definition) is 0. The molecule has 7 nitrogen and oxygen atoms in total. The minimum Gasteiger partial charge on any atom is -0.490 e. The van der Waals surface area contributed by atoms with Crippen molar-refractivity contribution in [2.75, 3.05) is 13.2 Å². The van der Waals surface area contributed by atoms with E-state index in [9.17, 15) is 9.59 Å². The van der Waals surface area contributed by atoms with Crippen LogP contribution in [0.4, 0.5) is 0 Å². The van der Waals surface area contributed by atoms with E-state index in [2.05, 4.69) is 0 Å². The molecule has 0 radical (unpaired) electrons. The molecule has 4 aromatic rings. The van der Waals surface area contributed by atoms with Gasteiger partial charge in [-0.05, 0) is 61.4 Å². The highest BCUT2D eigenvalue weighted by atomic mass is 35.5. The fourth-order valence-corrected chi connectivity index (χ4v) is 4.54. The molecule has 5 rings (SSSR count). The Morgan fingerprint density at radius 3 is 2.63 bits per heavy atom. The standard InChI is InChI=1S/C27H24ClNO6/c1-3-11-34-21-9-7-16(13-22(21)32-4-2)24-23-25(30)19-14-17(28)8-10-20(19)35-26(23)27(31)29(24)15-18-6-5-12-33-18/h5-10,12-14,24H,3-4,11,15H2,1-2H3. The van der Waals surface area contributed by atoms with Gasteiger partial charge in [0, 0.05) is 5.02 Å². The molecule has 1 aliphatic rings. The molecule has 1 amide bonds. The number of halogens is 1. The summed E-state index contributed by atoms with van der Waals surface area (Å²) in [6.07, 6.45) is 2.40. The Balaban J connectivity index is 1.69. The number of carbonyl (C=O) groups excluding carboxylic acids is 1. The molecular weight excluding hydrogens is 470 g/mol. The molecule has 2 aromatic heterocycles. The van der Waals surface area contributed by atoms with Crippen LogP contribution < -0.4 is 14.9 Å². The largest absolute Gasteiger partial charge is 0.490 e. The van der Waals surface area contributed by atoms with Gasteiger partial charge in [-0.1, -0.05) is 24.6 Å². The molecular formula is C27H24ClNO6. The Bertz CT molecular complexity index is 1440. The molecule has 1 unspecified atom stereocenters. The lowest BCUT2D eigenvalue weighted by Gasteiger charge is -2.25. The second-order valence-electron chi connectivity index (χ2n) is 8.22. The van der Waals surface area contributed by atoms with E-state index in [0.717, 1.165) is 6.42 Å². The van der Waals surface area contributed by atoms with Gasteiger partial charge in [0.05, 0.1) is 43.0 Å². The van der Waals surface area contributed by atoms with Crippen LogP contribution in [0.25, 0.3) is 11.0 Å². The van der Waals surface area contributed by atoms with Crippen molar-refractivity contribution in [3.05, 3.63) is 92.7 Å². The third kappa shape index (κ3) is 4.17. The number of furan rings is 1. The highest BCUT2D eigenvalue weighted by Crippen LogP contribution is 2.42. The van der Waals surface area contributed by atoms with Crippen LogP contribution in [0.15, 0.2) is 68.4 Å². The summed E-state index contributed by atoms with van der Waals surface area (Å²) in [5.74, 6) is 1.37. The fourth-order valence-electron chi connectivity index (χ4n) is 4.37. The molecule has 0 aliphatic carbocycles. The van der Waals surface area contributed by atoms with Crippen molar-refractivity contribution < 1.29 is 23.1 Å². The van der Waals surface area contributed by atoms with Gasteiger partial charge in [0.2, 0.25) is 5.76 Å². The first kappa shape index (κ1) is 23.1. The Hall–Kier alpha value is -3.71. The summed E-state index contributed by atoms with van der Waals surface area (Å²) in [6.45, 7) is 5.06. The normalized spacial score (nSPS) is 15.0. The van der Waals surface area contributed by atoms with Crippen molar-refractivity contribution in [2.45, 2.75) is 32.9 Å². The van der Waals surface area contributed by atoms with Gasteiger partial charge in [-0.15, -0.1) is 0 Å². The summed E-state index contributed by atoms with van der Waals surface area (Å²) in [6, 6.07) is 13.1. The summed E-state index contributed by atoms with van der Waals surface area (Å²) in [7, 11) is 0. The van der Waals surface area contributed by atoms with Crippen molar-refractivity contribution in [1.82, 2.24) is 4.90 Å². The van der Waals surface area contributed by atoms with Crippen molar-refractivity contribution in [3.8, 4) is 11.5 Å². The molecule has 2 aromatic carbocycles. The maximum Gasteiger partial charge on any atom is 0.291 e. The Kier molecular flexibility index (Phi) is 6.26. The zero-order valence-electron chi connectivity index (χ0n) is 19.4. The van der Waals surface area contributed by atoms with E-state index in [1.807, 2.05) is 32.0 Å². The van der Waals surface area contributed by atoms with Gasteiger partial charge < -0.3 is 23.2 Å². The number of rotatable bonds is 8. The van der Waals surface area contributed by atoms with Crippen LogP contribution in [0.5, 0.6) is 11.5 Å². The number of amides is 1. The summed E-state index contributed by atoms with van der Waals surface area (Å²) < 4.78 is 23.2.